The summed E-state index contributed by atoms with van der Waals surface area (Å²) in [6.07, 6.45) is 0. The quantitative estimate of drug-likeness (QED) is 0.711. The number of hydrogen-bond acceptors (Lipinski definition) is 4. The average Bonchev–Trinajstić information content (AvgIpc) is 3.04. The van der Waals surface area contributed by atoms with Crippen LogP contribution < -0.4 is 14.5 Å². The van der Waals surface area contributed by atoms with E-state index in [1.54, 1.807) is 29.4 Å². The van der Waals surface area contributed by atoms with Gasteiger partial charge in [-0.1, -0.05) is 17.4 Å². The van der Waals surface area contributed by atoms with E-state index in [2.05, 4.69) is 40.1 Å². The summed E-state index contributed by atoms with van der Waals surface area (Å²) in [6, 6.07) is 11.5. The van der Waals surface area contributed by atoms with Gasteiger partial charge in [-0.2, -0.15) is 0 Å². The van der Waals surface area contributed by atoms with Crippen LogP contribution in [-0.2, 0) is 0 Å². The summed E-state index contributed by atoms with van der Waals surface area (Å²) < 4.78 is 6.38. The van der Waals surface area contributed by atoms with E-state index in [4.69, 9.17) is 9.72 Å². The highest BCUT2D eigenvalue weighted by atomic mass is 32.1. The van der Waals surface area contributed by atoms with E-state index in [0.29, 0.717) is 17.9 Å². The smallest absolute Gasteiger partial charge is 0.260 e. The van der Waals surface area contributed by atoms with E-state index < -0.39 is 0 Å². The number of carbonyl (C=O) groups is 1. The zero-order valence-electron chi connectivity index (χ0n) is 16.5. The fourth-order valence-corrected chi connectivity index (χ4v) is 3.88. The summed E-state index contributed by atoms with van der Waals surface area (Å²) in [7, 11) is 5.77. The number of amides is 1. The first-order valence-corrected chi connectivity index (χ1v) is 9.83. The van der Waals surface area contributed by atoms with Crippen LogP contribution in [0.4, 0.5) is 5.13 Å². The molecule has 0 bridgehead atoms. The number of carbonyl (C=O) groups excluding carboxylic acids is 1. The molecule has 0 saturated heterocycles. The third kappa shape index (κ3) is 4.28. The molecule has 0 saturated carbocycles. The van der Waals surface area contributed by atoms with E-state index >= 15 is 0 Å². The zero-order chi connectivity index (χ0) is 19.6. The number of nitrogens with zero attached hydrogens (tertiary/aromatic N) is 2. The normalized spacial score (nSPS) is 11.2. The number of thiazole rings is 1. The van der Waals surface area contributed by atoms with Crippen LogP contribution in [0.25, 0.3) is 10.2 Å². The number of nitrogens with one attached hydrogen (secondary N) is 1. The van der Waals surface area contributed by atoms with E-state index in [9.17, 15) is 4.79 Å². The molecule has 3 rings (SSSR count). The Labute approximate surface area is 164 Å². The minimum Gasteiger partial charge on any atom is -0.497 e. The summed E-state index contributed by atoms with van der Waals surface area (Å²) in [5.74, 6) is 0.622. The summed E-state index contributed by atoms with van der Waals surface area (Å²) in [5, 5.41) is 0.740. The van der Waals surface area contributed by atoms with Gasteiger partial charge in [-0.25, -0.2) is 4.98 Å². The molecule has 1 N–H and O–H groups in total. The monoisotopic (exact) mass is 384 g/mol. The fraction of sp³-hybridized carbons (Fsp3) is 0.333. The van der Waals surface area contributed by atoms with Gasteiger partial charge in [0, 0.05) is 5.56 Å². The number of hydrogen-bond donors (Lipinski definition) is 1. The number of aromatic nitrogens is 1. The van der Waals surface area contributed by atoms with Crippen LogP contribution in [0.15, 0.2) is 36.4 Å². The number of anilines is 1. The van der Waals surface area contributed by atoms with Crippen LogP contribution in [0.2, 0.25) is 0 Å². The maximum absolute atomic E-state index is 13.3. The van der Waals surface area contributed by atoms with Crippen molar-refractivity contribution in [3.8, 4) is 5.75 Å². The number of quaternary nitrogens is 1. The van der Waals surface area contributed by atoms with Gasteiger partial charge in [0.05, 0.1) is 44.5 Å². The first-order valence-electron chi connectivity index (χ1n) is 9.02. The average molecular weight is 385 g/mol. The fourth-order valence-electron chi connectivity index (χ4n) is 2.81. The van der Waals surface area contributed by atoms with Crippen LogP contribution in [-0.4, -0.2) is 45.2 Å². The first-order chi connectivity index (χ1) is 12.9. The van der Waals surface area contributed by atoms with Crippen LogP contribution in [0.5, 0.6) is 5.75 Å². The van der Waals surface area contributed by atoms with E-state index in [1.807, 2.05) is 18.2 Å². The van der Waals surface area contributed by atoms with Gasteiger partial charge in [0.2, 0.25) is 0 Å². The Bertz CT molecular complexity index is 926. The highest BCUT2D eigenvalue weighted by molar-refractivity contribution is 7.22. The molecule has 27 heavy (non-hydrogen) atoms. The van der Waals surface area contributed by atoms with Crippen molar-refractivity contribution in [2.24, 2.45) is 0 Å². The molecule has 5 nitrogen and oxygen atoms in total. The van der Waals surface area contributed by atoms with Gasteiger partial charge < -0.3 is 9.64 Å². The van der Waals surface area contributed by atoms with E-state index in [1.165, 1.54) is 16.0 Å². The summed E-state index contributed by atoms with van der Waals surface area (Å²) >= 11 is 1.57. The molecule has 0 aliphatic rings. The minimum atomic E-state index is -0.0531. The van der Waals surface area contributed by atoms with Gasteiger partial charge in [0.1, 0.15) is 5.75 Å². The second-order valence-electron chi connectivity index (χ2n) is 7.05. The van der Waals surface area contributed by atoms with Crippen LogP contribution in [0.1, 0.15) is 21.5 Å². The van der Waals surface area contributed by atoms with Gasteiger partial charge in [0.25, 0.3) is 5.91 Å². The van der Waals surface area contributed by atoms with Crippen molar-refractivity contribution in [3.63, 3.8) is 0 Å². The van der Waals surface area contributed by atoms with Crippen molar-refractivity contribution in [2.75, 3.05) is 39.2 Å². The highest BCUT2D eigenvalue weighted by Gasteiger charge is 2.22. The molecule has 0 atom stereocenters. The van der Waals surface area contributed by atoms with Crippen molar-refractivity contribution in [3.05, 3.63) is 53.1 Å². The lowest BCUT2D eigenvalue weighted by Crippen LogP contribution is -3.06. The third-order valence-corrected chi connectivity index (χ3v) is 5.66. The molecule has 0 aliphatic heterocycles. The summed E-state index contributed by atoms with van der Waals surface area (Å²) in [4.78, 5) is 21.1. The number of benzene rings is 2. The SMILES string of the molecule is COc1cccc(C(=O)N(CC[NH+](C)C)c2nc3cc(C)c(C)cc3s2)c1. The number of rotatable bonds is 6. The predicted octanol–water partition coefficient (Wildman–Crippen LogP) is 2.71. The molecule has 142 valence electrons. The van der Waals surface area contributed by atoms with Gasteiger partial charge in [0.15, 0.2) is 5.13 Å². The van der Waals surface area contributed by atoms with Gasteiger partial charge >= 0.3 is 0 Å². The predicted molar refractivity (Wildman–Crippen MR) is 111 cm³/mol. The molecule has 6 heteroatoms. The van der Waals surface area contributed by atoms with E-state index in [0.717, 1.165) is 21.9 Å². The summed E-state index contributed by atoms with van der Waals surface area (Å²) in [5.41, 5.74) is 4.00. The van der Waals surface area contributed by atoms with Crippen molar-refractivity contribution >= 4 is 32.6 Å². The zero-order valence-corrected chi connectivity index (χ0v) is 17.3. The van der Waals surface area contributed by atoms with Crippen LogP contribution in [0, 0.1) is 13.8 Å². The molecular formula is C21H26N3O2S+. The molecule has 0 aliphatic carbocycles. The molecule has 0 radical (unpaired) electrons. The molecule has 2 aromatic carbocycles. The molecule has 1 heterocycles. The van der Waals surface area contributed by atoms with Gasteiger partial charge in [-0.05, 0) is 55.3 Å². The van der Waals surface area contributed by atoms with Crippen LogP contribution >= 0.6 is 11.3 Å². The van der Waals surface area contributed by atoms with Gasteiger partial charge in [-0.3, -0.25) is 9.69 Å². The number of aryl methyl sites for hydroxylation is 2. The largest absolute Gasteiger partial charge is 0.497 e. The molecule has 0 fully saturated rings. The van der Waals surface area contributed by atoms with Gasteiger partial charge in [-0.15, -0.1) is 0 Å². The Morgan fingerprint density at radius 3 is 2.63 bits per heavy atom. The molecule has 1 amide bonds. The number of fused-ring (bicyclic) bond motifs is 1. The topological polar surface area (TPSA) is 46.9 Å². The van der Waals surface area contributed by atoms with Crippen molar-refractivity contribution < 1.29 is 14.4 Å². The molecule has 1 aromatic heterocycles. The Balaban J connectivity index is 2.01. The Hall–Kier alpha value is -2.44. The molecule has 3 aromatic rings. The highest BCUT2D eigenvalue weighted by Crippen LogP contribution is 2.31. The van der Waals surface area contributed by atoms with Crippen molar-refractivity contribution in [1.82, 2.24) is 4.98 Å². The number of likely N-dealkylation sites (N-methyl/N-ethyl adjacent to an activating group) is 1. The molecule has 0 unspecified atom stereocenters. The molecule has 0 spiro atoms. The lowest BCUT2D eigenvalue weighted by atomic mass is 10.1. The second kappa shape index (κ2) is 8.06. The Morgan fingerprint density at radius 2 is 1.93 bits per heavy atom. The Kier molecular flexibility index (Phi) is 5.77. The number of ether oxygens (including phenoxy) is 1. The standard InChI is InChI=1S/C21H25N3O2S/c1-14-11-18-19(12-15(14)2)27-21(22-18)24(10-9-23(3)4)20(25)16-7-6-8-17(13-16)26-5/h6-8,11-13H,9-10H2,1-5H3/p+1. The maximum Gasteiger partial charge on any atom is 0.260 e. The minimum absolute atomic E-state index is 0.0531. The maximum atomic E-state index is 13.3. The summed E-state index contributed by atoms with van der Waals surface area (Å²) in [6.45, 7) is 5.63. The van der Waals surface area contributed by atoms with Crippen molar-refractivity contribution in [2.45, 2.75) is 13.8 Å². The lowest BCUT2D eigenvalue weighted by molar-refractivity contribution is -0.856. The number of methoxy groups -OCH3 is 1. The van der Waals surface area contributed by atoms with Crippen LogP contribution in [0.3, 0.4) is 0 Å². The lowest BCUT2D eigenvalue weighted by Gasteiger charge is -2.21. The van der Waals surface area contributed by atoms with E-state index in [-0.39, 0.29) is 5.91 Å². The van der Waals surface area contributed by atoms with Crippen molar-refractivity contribution in [1.29, 1.82) is 0 Å². The third-order valence-electron chi connectivity index (χ3n) is 4.62. The second-order valence-corrected chi connectivity index (χ2v) is 8.06. The first kappa shape index (κ1) is 19.3. The molecular weight excluding hydrogens is 358 g/mol. The Morgan fingerprint density at radius 1 is 1.19 bits per heavy atom.